The molecule has 1 aromatic heterocycles. The third-order valence-corrected chi connectivity index (χ3v) is 2.27. The Balaban J connectivity index is 2.24. The summed E-state index contributed by atoms with van der Waals surface area (Å²) in [5.41, 5.74) is 1.02. The van der Waals surface area contributed by atoms with Crippen molar-refractivity contribution in [2.75, 3.05) is 5.32 Å². The number of aromatic nitrogens is 1. The number of hydrogen-bond acceptors (Lipinski definition) is 5. The van der Waals surface area contributed by atoms with E-state index in [9.17, 15) is 10.1 Å². The molecule has 0 atom stereocenters. The average Bonchev–Trinajstić information content (AvgIpc) is 2.40. The molecule has 18 heavy (non-hydrogen) atoms. The summed E-state index contributed by atoms with van der Waals surface area (Å²) in [6.45, 7) is 0. The topological polar surface area (TPSA) is 91.8 Å². The molecular weight excluding hydrogens is 232 g/mol. The third-order valence-electron chi connectivity index (χ3n) is 2.27. The van der Waals surface area contributed by atoms with Gasteiger partial charge < -0.3 is 5.32 Å². The lowest BCUT2D eigenvalue weighted by Gasteiger charge is -2.06. The molecule has 88 valence electrons. The van der Waals surface area contributed by atoms with Gasteiger partial charge in [0.05, 0.1) is 16.2 Å². The lowest BCUT2D eigenvalue weighted by molar-refractivity contribution is -0.385. The molecule has 1 aromatic carbocycles. The Morgan fingerprint density at radius 1 is 1.28 bits per heavy atom. The Bertz CT molecular complexity index is 617. The normalized spacial score (nSPS) is 9.50. The Morgan fingerprint density at radius 2 is 2.06 bits per heavy atom. The van der Waals surface area contributed by atoms with E-state index in [2.05, 4.69) is 10.3 Å². The molecule has 2 rings (SSSR count). The van der Waals surface area contributed by atoms with Gasteiger partial charge in [-0.2, -0.15) is 5.26 Å². The average molecular weight is 240 g/mol. The molecule has 6 heteroatoms. The summed E-state index contributed by atoms with van der Waals surface area (Å²) in [4.78, 5) is 13.9. The summed E-state index contributed by atoms with van der Waals surface area (Å²) < 4.78 is 0. The molecule has 0 spiro atoms. The summed E-state index contributed by atoms with van der Waals surface area (Å²) in [6.07, 6.45) is 1.16. The van der Waals surface area contributed by atoms with Crippen molar-refractivity contribution in [1.82, 2.24) is 4.98 Å². The van der Waals surface area contributed by atoms with Crippen LogP contribution in [0.25, 0.3) is 0 Å². The monoisotopic (exact) mass is 240 g/mol. The van der Waals surface area contributed by atoms with Gasteiger partial charge in [-0.25, -0.2) is 4.98 Å². The van der Waals surface area contributed by atoms with Gasteiger partial charge in [0.1, 0.15) is 18.1 Å². The van der Waals surface area contributed by atoms with Gasteiger partial charge in [0, 0.05) is 6.07 Å². The molecule has 0 saturated heterocycles. The first-order valence-corrected chi connectivity index (χ1v) is 5.07. The van der Waals surface area contributed by atoms with E-state index in [1.54, 1.807) is 24.3 Å². The number of nitro groups is 1. The molecule has 0 saturated carbocycles. The second kappa shape index (κ2) is 4.93. The zero-order chi connectivity index (χ0) is 13.0. The van der Waals surface area contributed by atoms with Crippen LogP contribution in [0.4, 0.5) is 17.2 Å². The molecule has 2 aromatic rings. The first kappa shape index (κ1) is 11.5. The van der Waals surface area contributed by atoms with Gasteiger partial charge in [0.15, 0.2) is 0 Å². The summed E-state index contributed by atoms with van der Waals surface area (Å²) >= 11 is 0. The van der Waals surface area contributed by atoms with Gasteiger partial charge in [-0.3, -0.25) is 10.1 Å². The van der Waals surface area contributed by atoms with Crippen LogP contribution in [-0.4, -0.2) is 9.91 Å². The van der Waals surface area contributed by atoms with Crippen LogP contribution in [-0.2, 0) is 0 Å². The van der Waals surface area contributed by atoms with Gasteiger partial charge in [0.2, 0.25) is 0 Å². The van der Waals surface area contributed by atoms with Crippen LogP contribution < -0.4 is 5.32 Å². The highest BCUT2D eigenvalue weighted by molar-refractivity contribution is 5.64. The van der Waals surface area contributed by atoms with Crippen molar-refractivity contribution in [1.29, 1.82) is 5.26 Å². The van der Waals surface area contributed by atoms with Gasteiger partial charge >= 0.3 is 0 Å². The molecule has 0 unspecified atom stereocenters. The number of hydrogen-bond donors (Lipinski definition) is 1. The lowest BCUT2D eigenvalue weighted by Crippen LogP contribution is -1.96. The minimum absolute atomic E-state index is 0.0749. The predicted molar refractivity (Wildman–Crippen MR) is 65.3 cm³/mol. The van der Waals surface area contributed by atoms with Gasteiger partial charge in [0.25, 0.3) is 5.69 Å². The second-order valence-corrected chi connectivity index (χ2v) is 3.44. The highest BCUT2D eigenvalue weighted by Crippen LogP contribution is 2.20. The van der Waals surface area contributed by atoms with E-state index in [0.717, 1.165) is 6.20 Å². The molecule has 6 nitrogen and oxygen atoms in total. The van der Waals surface area contributed by atoms with Crippen molar-refractivity contribution < 1.29 is 4.92 Å². The minimum atomic E-state index is -0.514. The van der Waals surface area contributed by atoms with E-state index in [1.807, 2.05) is 6.07 Å². The summed E-state index contributed by atoms with van der Waals surface area (Å²) in [5, 5.41) is 22.3. The number of para-hydroxylation sites is 1. The molecule has 0 aliphatic carbocycles. The number of pyridine rings is 1. The second-order valence-electron chi connectivity index (χ2n) is 3.44. The van der Waals surface area contributed by atoms with E-state index < -0.39 is 4.92 Å². The van der Waals surface area contributed by atoms with E-state index in [-0.39, 0.29) is 5.69 Å². The quantitative estimate of drug-likeness (QED) is 0.657. The molecule has 0 fully saturated rings. The Morgan fingerprint density at radius 3 is 2.67 bits per heavy atom. The molecule has 1 heterocycles. The van der Waals surface area contributed by atoms with Crippen LogP contribution in [0.15, 0.2) is 42.6 Å². The number of nitriles is 1. The number of nitrogens with zero attached hydrogens (tertiary/aromatic N) is 3. The van der Waals surface area contributed by atoms with Crippen LogP contribution in [0.2, 0.25) is 0 Å². The number of benzene rings is 1. The van der Waals surface area contributed by atoms with Gasteiger partial charge in [-0.15, -0.1) is 0 Å². The van der Waals surface area contributed by atoms with Crippen molar-refractivity contribution in [3.05, 3.63) is 58.3 Å². The highest BCUT2D eigenvalue weighted by atomic mass is 16.6. The first-order valence-electron chi connectivity index (χ1n) is 5.07. The summed E-state index contributed by atoms with van der Waals surface area (Å²) in [7, 11) is 0. The SMILES string of the molecule is N#Cc1ccccc1Nc1ccc([N+](=O)[O-])cn1. The summed E-state index contributed by atoms with van der Waals surface area (Å²) in [5.74, 6) is 0.448. The highest BCUT2D eigenvalue weighted by Gasteiger charge is 2.06. The van der Waals surface area contributed by atoms with Crippen molar-refractivity contribution in [2.24, 2.45) is 0 Å². The molecule has 0 aliphatic heterocycles. The molecule has 0 aliphatic rings. The minimum Gasteiger partial charge on any atom is -0.339 e. The fraction of sp³-hybridized carbons (Fsp3) is 0. The van der Waals surface area contributed by atoms with Crippen molar-refractivity contribution in [3.63, 3.8) is 0 Å². The van der Waals surface area contributed by atoms with Crippen molar-refractivity contribution >= 4 is 17.2 Å². The van der Waals surface area contributed by atoms with Crippen molar-refractivity contribution in [3.8, 4) is 6.07 Å². The maximum Gasteiger partial charge on any atom is 0.287 e. The van der Waals surface area contributed by atoms with Crippen molar-refractivity contribution in [2.45, 2.75) is 0 Å². The molecule has 0 bridgehead atoms. The maximum absolute atomic E-state index is 10.5. The zero-order valence-electron chi connectivity index (χ0n) is 9.20. The van der Waals surface area contributed by atoms with Crippen LogP contribution in [0.3, 0.4) is 0 Å². The van der Waals surface area contributed by atoms with Crippen LogP contribution >= 0.6 is 0 Å². The van der Waals surface area contributed by atoms with Gasteiger partial charge in [-0.1, -0.05) is 12.1 Å². The van der Waals surface area contributed by atoms with Gasteiger partial charge in [-0.05, 0) is 18.2 Å². The first-order chi connectivity index (χ1) is 8.70. The Kier molecular flexibility index (Phi) is 3.16. The van der Waals surface area contributed by atoms with Crippen LogP contribution in [0, 0.1) is 21.4 Å². The molecule has 1 N–H and O–H groups in total. The fourth-order valence-corrected chi connectivity index (χ4v) is 1.40. The maximum atomic E-state index is 10.5. The van der Waals surface area contributed by atoms with Crippen LogP contribution in [0.1, 0.15) is 5.56 Å². The Labute approximate surface area is 103 Å². The smallest absolute Gasteiger partial charge is 0.287 e. The lowest BCUT2D eigenvalue weighted by atomic mass is 10.2. The predicted octanol–water partition coefficient (Wildman–Crippen LogP) is 2.61. The zero-order valence-corrected chi connectivity index (χ0v) is 9.20. The van der Waals surface area contributed by atoms with E-state index in [1.165, 1.54) is 12.1 Å². The molecule has 0 amide bonds. The molecular formula is C12H8N4O2. The number of nitrogens with one attached hydrogen (secondary N) is 1. The van der Waals surface area contributed by atoms with E-state index >= 15 is 0 Å². The number of anilines is 2. The number of rotatable bonds is 3. The largest absolute Gasteiger partial charge is 0.339 e. The van der Waals surface area contributed by atoms with E-state index in [4.69, 9.17) is 5.26 Å². The van der Waals surface area contributed by atoms with E-state index in [0.29, 0.717) is 17.1 Å². The Hall–Kier alpha value is -2.94. The summed E-state index contributed by atoms with van der Waals surface area (Å²) in [6, 6.07) is 11.8. The standard InChI is InChI=1S/C12H8N4O2/c13-7-9-3-1-2-4-11(9)15-12-6-5-10(8-14-12)16(17)18/h1-6,8H,(H,14,15). The van der Waals surface area contributed by atoms with Crippen LogP contribution in [0.5, 0.6) is 0 Å². The fourth-order valence-electron chi connectivity index (χ4n) is 1.40. The third kappa shape index (κ3) is 2.41. The molecule has 0 radical (unpaired) electrons.